The molecule has 1 aliphatic heterocycles. The van der Waals surface area contributed by atoms with E-state index in [0.717, 1.165) is 5.56 Å². The van der Waals surface area contributed by atoms with Crippen LogP contribution in [0.2, 0.25) is 0 Å². The molecule has 0 spiro atoms. The number of aliphatic hydroxyl groups is 1. The summed E-state index contributed by atoms with van der Waals surface area (Å²) in [6, 6.07) is 5.14. The molecular weight excluding hydrogens is 274 g/mol. The number of hydrogen-bond donors (Lipinski definition) is 1. The van der Waals surface area contributed by atoms with Crippen LogP contribution in [0.1, 0.15) is 12.5 Å². The van der Waals surface area contributed by atoms with Gasteiger partial charge in [0.25, 0.3) is 5.91 Å². The molecule has 0 aliphatic carbocycles. The summed E-state index contributed by atoms with van der Waals surface area (Å²) in [5.41, 5.74) is 0.728. The predicted molar refractivity (Wildman–Crippen MR) is 76.4 cm³/mol. The van der Waals surface area contributed by atoms with Crippen molar-refractivity contribution in [1.82, 2.24) is 4.90 Å². The lowest BCUT2D eigenvalue weighted by Gasteiger charge is -2.29. The number of morpholine rings is 1. The number of nitrogens with zero attached hydrogens (tertiary/aromatic N) is 1. The molecule has 6 heteroatoms. The van der Waals surface area contributed by atoms with Gasteiger partial charge >= 0.3 is 0 Å². The van der Waals surface area contributed by atoms with Gasteiger partial charge in [-0.25, -0.2) is 0 Å². The van der Waals surface area contributed by atoms with Crippen LogP contribution in [-0.2, 0) is 16.1 Å². The zero-order valence-corrected chi connectivity index (χ0v) is 12.4. The molecule has 1 fully saturated rings. The highest BCUT2D eigenvalue weighted by atomic mass is 16.5. The summed E-state index contributed by atoms with van der Waals surface area (Å²) < 4.78 is 16.2. The average Bonchev–Trinajstić information content (AvgIpc) is 2.55. The third kappa shape index (κ3) is 3.86. The standard InChI is InChI=1S/C15H21NO5/c1-11(15(18)16-5-7-20-8-6-16)21-13-4-3-12(10-17)9-14(13)19-2/h3-4,9,11,17H,5-8,10H2,1-2H3. The van der Waals surface area contributed by atoms with E-state index in [1.165, 1.54) is 7.11 Å². The molecule has 0 bridgehead atoms. The van der Waals surface area contributed by atoms with Crippen LogP contribution >= 0.6 is 0 Å². The normalized spacial score (nSPS) is 16.4. The number of aliphatic hydroxyl groups excluding tert-OH is 1. The fourth-order valence-corrected chi connectivity index (χ4v) is 2.19. The van der Waals surface area contributed by atoms with Gasteiger partial charge < -0.3 is 24.2 Å². The van der Waals surface area contributed by atoms with Crippen molar-refractivity contribution < 1.29 is 24.1 Å². The fraction of sp³-hybridized carbons (Fsp3) is 0.533. The molecule has 1 heterocycles. The fourth-order valence-electron chi connectivity index (χ4n) is 2.19. The van der Waals surface area contributed by atoms with E-state index < -0.39 is 6.10 Å². The first-order valence-electron chi connectivity index (χ1n) is 6.96. The Bertz CT molecular complexity index is 485. The van der Waals surface area contributed by atoms with Crippen molar-refractivity contribution in [3.8, 4) is 11.5 Å². The van der Waals surface area contributed by atoms with Gasteiger partial charge in [-0.1, -0.05) is 6.07 Å². The zero-order valence-electron chi connectivity index (χ0n) is 12.4. The Morgan fingerprint density at radius 2 is 2.10 bits per heavy atom. The van der Waals surface area contributed by atoms with E-state index in [9.17, 15) is 4.79 Å². The van der Waals surface area contributed by atoms with E-state index in [2.05, 4.69) is 0 Å². The summed E-state index contributed by atoms with van der Waals surface area (Å²) in [7, 11) is 1.53. The minimum Gasteiger partial charge on any atom is -0.493 e. The van der Waals surface area contributed by atoms with Crippen LogP contribution in [0.4, 0.5) is 0 Å². The van der Waals surface area contributed by atoms with E-state index >= 15 is 0 Å². The van der Waals surface area contributed by atoms with E-state index in [1.54, 1.807) is 30.0 Å². The number of carbonyl (C=O) groups is 1. The van der Waals surface area contributed by atoms with Crippen LogP contribution < -0.4 is 9.47 Å². The highest BCUT2D eigenvalue weighted by Gasteiger charge is 2.24. The Kier molecular flexibility index (Phi) is 5.41. The molecule has 1 atom stereocenters. The maximum absolute atomic E-state index is 12.3. The van der Waals surface area contributed by atoms with Gasteiger partial charge in [0, 0.05) is 13.1 Å². The SMILES string of the molecule is COc1cc(CO)ccc1OC(C)C(=O)N1CCOCC1. The van der Waals surface area contributed by atoms with E-state index in [0.29, 0.717) is 37.8 Å². The molecular formula is C15H21NO5. The largest absolute Gasteiger partial charge is 0.493 e. The monoisotopic (exact) mass is 295 g/mol. The first-order valence-corrected chi connectivity index (χ1v) is 6.96. The summed E-state index contributed by atoms with van der Waals surface area (Å²) in [6.45, 7) is 3.95. The summed E-state index contributed by atoms with van der Waals surface area (Å²) in [5.74, 6) is 0.929. The molecule has 0 aromatic heterocycles. The van der Waals surface area contributed by atoms with Gasteiger partial charge in [0.1, 0.15) is 0 Å². The first kappa shape index (κ1) is 15.6. The van der Waals surface area contributed by atoms with Crippen LogP contribution in [0.25, 0.3) is 0 Å². The number of hydrogen-bond acceptors (Lipinski definition) is 5. The molecule has 6 nitrogen and oxygen atoms in total. The van der Waals surface area contributed by atoms with Gasteiger partial charge in [0.2, 0.25) is 0 Å². The highest BCUT2D eigenvalue weighted by molar-refractivity contribution is 5.81. The molecule has 1 amide bonds. The Hall–Kier alpha value is -1.79. The van der Waals surface area contributed by atoms with Crippen molar-refractivity contribution in [2.45, 2.75) is 19.6 Å². The second kappa shape index (κ2) is 7.28. The van der Waals surface area contributed by atoms with E-state index in [1.807, 2.05) is 0 Å². The lowest BCUT2D eigenvalue weighted by atomic mass is 10.2. The minimum absolute atomic E-state index is 0.0633. The maximum atomic E-state index is 12.3. The second-order valence-corrected chi connectivity index (χ2v) is 4.84. The van der Waals surface area contributed by atoms with Gasteiger partial charge in [-0.2, -0.15) is 0 Å². The molecule has 2 rings (SSSR count). The van der Waals surface area contributed by atoms with E-state index in [-0.39, 0.29) is 12.5 Å². The molecule has 1 aromatic rings. The van der Waals surface area contributed by atoms with Crippen LogP contribution in [-0.4, -0.2) is 55.4 Å². The quantitative estimate of drug-likeness (QED) is 0.871. The van der Waals surface area contributed by atoms with Crippen molar-refractivity contribution in [3.05, 3.63) is 23.8 Å². The van der Waals surface area contributed by atoms with Crippen LogP contribution in [0.3, 0.4) is 0 Å². The Labute approximate surface area is 124 Å². The molecule has 1 aromatic carbocycles. The summed E-state index contributed by atoms with van der Waals surface area (Å²) in [6.07, 6.45) is -0.600. The number of methoxy groups -OCH3 is 1. The minimum atomic E-state index is -0.600. The number of amides is 1. The van der Waals surface area contributed by atoms with Crippen LogP contribution in [0.15, 0.2) is 18.2 Å². The van der Waals surface area contributed by atoms with E-state index in [4.69, 9.17) is 19.3 Å². The lowest BCUT2D eigenvalue weighted by Crippen LogP contribution is -2.46. The third-order valence-electron chi connectivity index (χ3n) is 3.38. The smallest absolute Gasteiger partial charge is 0.263 e. The van der Waals surface area contributed by atoms with Crippen molar-refractivity contribution in [2.24, 2.45) is 0 Å². The third-order valence-corrected chi connectivity index (χ3v) is 3.38. The Morgan fingerprint density at radius 1 is 1.38 bits per heavy atom. The zero-order chi connectivity index (χ0) is 15.2. The predicted octanol–water partition coefficient (Wildman–Crippen LogP) is 0.814. The average molecular weight is 295 g/mol. The number of carbonyl (C=O) groups excluding carboxylic acids is 1. The molecule has 0 saturated carbocycles. The van der Waals surface area contributed by atoms with Gasteiger partial charge in [0.05, 0.1) is 26.9 Å². The van der Waals surface area contributed by atoms with Gasteiger partial charge in [-0.3, -0.25) is 4.79 Å². The van der Waals surface area contributed by atoms with Crippen molar-refractivity contribution >= 4 is 5.91 Å². The van der Waals surface area contributed by atoms with Gasteiger partial charge in [-0.15, -0.1) is 0 Å². The van der Waals surface area contributed by atoms with Crippen molar-refractivity contribution in [3.63, 3.8) is 0 Å². The van der Waals surface area contributed by atoms with Crippen molar-refractivity contribution in [1.29, 1.82) is 0 Å². The molecule has 1 N–H and O–H groups in total. The topological polar surface area (TPSA) is 68.2 Å². The Balaban J connectivity index is 2.04. The number of ether oxygens (including phenoxy) is 3. The highest BCUT2D eigenvalue weighted by Crippen LogP contribution is 2.29. The second-order valence-electron chi connectivity index (χ2n) is 4.84. The summed E-state index contributed by atoms with van der Waals surface area (Å²) in [4.78, 5) is 14.0. The van der Waals surface area contributed by atoms with Gasteiger partial charge in [0.15, 0.2) is 17.6 Å². The summed E-state index contributed by atoms with van der Waals surface area (Å²) >= 11 is 0. The summed E-state index contributed by atoms with van der Waals surface area (Å²) in [5, 5.41) is 9.12. The molecule has 116 valence electrons. The van der Waals surface area contributed by atoms with Crippen molar-refractivity contribution in [2.75, 3.05) is 33.4 Å². The number of rotatable bonds is 5. The molecule has 21 heavy (non-hydrogen) atoms. The van der Waals surface area contributed by atoms with Crippen LogP contribution in [0.5, 0.6) is 11.5 Å². The Morgan fingerprint density at radius 3 is 2.71 bits per heavy atom. The lowest BCUT2D eigenvalue weighted by molar-refractivity contribution is -0.142. The molecule has 1 unspecified atom stereocenters. The molecule has 0 radical (unpaired) electrons. The number of benzene rings is 1. The molecule has 1 saturated heterocycles. The first-order chi connectivity index (χ1) is 10.2. The maximum Gasteiger partial charge on any atom is 0.263 e. The van der Waals surface area contributed by atoms with Gasteiger partial charge in [-0.05, 0) is 24.6 Å². The van der Waals surface area contributed by atoms with Crippen LogP contribution in [0, 0.1) is 0 Å². The molecule has 1 aliphatic rings.